The summed E-state index contributed by atoms with van der Waals surface area (Å²) in [5.74, 6) is -0.302. The summed E-state index contributed by atoms with van der Waals surface area (Å²) in [4.78, 5) is 11.6. The molecule has 0 fully saturated rings. The van der Waals surface area contributed by atoms with Crippen molar-refractivity contribution in [2.75, 3.05) is 6.61 Å². The first-order chi connectivity index (χ1) is 9.24. The number of carbonyl (C=O) groups excluding carboxylic acids is 1. The van der Waals surface area contributed by atoms with Crippen molar-refractivity contribution in [3.05, 3.63) is 35.9 Å². The van der Waals surface area contributed by atoms with Crippen LogP contribution in [-0.2, 0) is 4.74 Å². The maximum Gasteiger partial charge on any atom is 0.338 e. The minimum atomic E-state index is -0.704. The van der Waals surface area contributed by atoms with Gasteiger partial charge in [0.2, 0.25) is 0 Å². The Morgan fingerprint density at radius 2 is 1.84 bits per heavy atom. The molecule has 2 nitrogen and oxygen atoms in total. The van der Waals surface area contributed by atoms with Gasteiger partial charge in [-0.05, 0) is 37.8 Å². The Hall–Kier alpha value is -1.38. The third-order valence-electron chi connectivity index (χ3n) is 3.03. The highest BCUT2D eigenvalue weighted by Crippen LogP contribution is 2.12. The second kappa shape index (κ2) is 9.54. The van der Waals surface area contributed by atoms with Crippen LogP contribution < -0.4 is 0 Å². The molecule has 0 heterocycles. The predicted molar refractivity (Wildman–Crippen MR) is 75.0 cm³/mol. The van der Waals surface area contributed by atoms with Crippen molar-refractivity contribution >= 4 is 5.97 Å². The van der Waals surface area contributed by atoms with E-state index < -0.39 is 6.17 Å². The number of unbranched alkanes of at least 4 members (excludes halogenated alkanes) is 2. The largest absolute Gasteiger partial charge is 0.462 e. The van der Waals surface area contributed by atoms with E-state index in [0.29, 0.717) is 25.0 Å². The zero-order valence-electron chi connectivity index (χ0n) is 11.6. The summed E-state index contributed by atoms with van der Waals surface area (Å²) in [5.41, 5.74) is 0.564. The number of benzene rings is 1. The maximum absolute atomic E-state index is 13.3. The third kappa shape index (κ3) is 6.94. The first kappa shape index (κ1) is 15.7. The predicted octanol–water partition coefficient (Wildman–Crippen LogP) is 4.54. The number of halogens is 1. The van der Waals surface area contributed by atoms with Crippen LogP contribution in [0.15, 0.2) is 30.3 Å². The van der Waals surface area contributed by atoms with E-state index in [1.54, 1.807) is 24.3 Å². The molecule has 0 saturated heterocycles. The van der Waals surface area contributed by atoms with Gasteiger partial charge < -0.3 is 4.74 Å². The Bertz CT molecular complexity index is 351. The number of carbonyl (C=O) groups is 1. The fraction of sp³-hybridized carbons (Fsp3) is 0.562. The van der Waals surface area contributed by atoms with Crippen molar-refractivity contribution in [1.29, 1.82) is 0 Å². The smallest absolute Gasteiger partial charge is 0.338 e. The molecule has 1 aromatic rings. The van der Waals surface area contributed by atoms with Gasteiger partial charge in [-0.2, -0.15) is 0 Å². The van der Waals surface area contributed by atoms with Gasteiger partial charge in [0.05, 0.1) is 12.2 Å². The number of esters is 1. The monoisotopic (exact) mass is 266 g/mol. The highest BCUT2D eigenvalue weighted by atomic mass is 19.1. The van der Waals surface area contributed by atoms with Gasteiger partial charge in [-0.15, -0.1) is 0 Å². The molecule has 0 aliphatic carbocycles. The Morgan fingerprint density at radius 3 is 2.53 bits per heavy atom. The van der Waals surface area contributed by atoms with E-state index in [4.69, 9.17) is 4.74 Å². The molecule has 1 rings (SSSR count). The number of hydrogen-bond acceptors (Lipinski definition) is 2. The molecular formula is C16H23FO2. The van der Waals surface area contributed by atoms with Crippen molar-refractivity contribution in [3.63, 3.8) is 0 Å². The Morgan fingerprint density at radius 1 is 1.16 bits per heavy atom. The molecule has 1 atom stereocenters. The summed E-state index contributed by atoms with van der Waals surface area (Å²) >= 11 is 0. The average molecular weight is 266 g/mol. The Labute approximate surface area is 115 Å². The van der Waals surface area contributed by atoms with Crippen molar-refractivity contribution in [2.24, 2.45) is 0 Å². The van der Waals surface area contributed by atoms with Gasteiger partial charge in [0.15, 0.2) is 0 Å². The molecule has 0 spiro atoms. The SMILES string of the molecule is CCCC[C@@H](F)CCCCOC(=O)c1ccccc1. The van der Waals surface area contributed by atoms with Crippen molar-refractivity contribution < 1.29 is 13.9 Å². The number of alkyl halides is 1. The normalized spacial score (nSPS) is 12.1. The zero-order valence-corrected chi connectivity index (χ0v) is 11.6. The van der Waals surface area contributed by atoms with Crippen LogP contribution in [0.25, 0.3) is 0 Å². The number of rotatable bonds is 9. The molecule has 0 aliphatic heterocycles. The van der Waals surface area contributed by atoms with Crippen LogP contribution in [0, 0.1) is 0 Å². The topological polar surface area (TPSA) is 26.3 Å². The van der Waals surface area contributed by atoms with Gasteiger partial charge in [-0.3, -0.25) is 0 Å². The number of hydrogen-bond donors (Lipinski definition) is 0. The molecule has 0 amide bonds. The minimum Gasteiger partial charge on any atom is -0.462 e. The van der Waals surface area contributed by atoms with Gasteiger partial charge in [0.1, 0.15) is 6.17 Å². The van der Waals surface area contributed by atoms with Crippen molar-refractivity contribution in [1.82, 2.24) is 0 Å². The van der Waals surface area contributed by atoms with Crippen LogP contribution in [0.3, 0.4) is 0 Å². The fourth-order valence-corrected chi connectivity index (χ4v) is 1.86. The molecule has 0 aromatic heterocycles. The molecular weight excluding hydrogens is 243 g/mol. The standard InChI is InChI=1S/C16H23FO2/c1-2-3-11-15(17)12-7-8-13-19-16(18)14-9-5-4-6-10-14/h4-6,9-10,15H,2-3,7-8,11-13H2,1H3/t15-/m1/s1. The van der Waals surface area contributed by atoms with Gasteiger partial charge in [-0.1, -0.05) is 38.0 Å². The van der Waals surface area contributed by atoms with Crippen LogP contribution in [-0.4, -0.2) is 18.7 Å². The average Bonchev–Trinajstić information content (AvgIpc) is 2.45. The van der Waals surface area contributed by atoms with Crippen molar-refractivity contribution in [2.45, 2.75) is 51.6 Å². The summed E-state index contributed by atoms with van der Waals surface area (Å²) < 4.78 is 18.5. The van der Waals surface area contributed by atoms with Gasteiger partial charge in [-0.25, -0.2) is 9.18 Å². The molecule has 19 heavy (non-hydrogen) atoms. The lowest BCUT2D eigenvalue weighted by Gasteiger charge is -2.07. The molecule has 0 N–H and O–H groups in total. The van der Waals surface area contributed by atoms with Crippen LogP contribution in [0.4, 0.5) is 4.39 Å². The zero-order chi connectivity index (χ0) is 13.9. The first-order valence-corrected chi connectivity index (χ1v) is 7.10. The highest BCUT2D eigenvalue weighted by Gasteiger charge is 2.07. The van der Waals surface area contributed by atoms with Crippen LogP contribution in [0.5, 0.6) is 0 Å². The first-order valence-electron chi connectivity index (χ1n) is 7.10. The summed E-state index contributed by atoms with van der Waals surface area (Å²) in [6, 6.07) is 8.92. The molecule has 0 aliphatic rings. The van der Waals surface area contributed by atoms with E-state index >= 15 is 0 Å². The summed E-state index contributed by atoms with van der Waals surface area (Å²) in [6.07, 6.45) is 4.00. The molecule has 106 valence electrons. The lowest BCUT2D eigenvalue weighted by Crippen LogP contribution is -2.07. The molecule has 0 saturated carbocycles. The second-order valence-corrected chi connectivity index (χ2v) is 4.74. The van der Waals surface area contributed by atoms with E-state index in [9.17, 15) is 9.18 Å². The van der Waals surface area contributed by atoms with Crippen molar-refractivity contribution in [3.8, 4) is 0 Å². The van der Waals surface area contributed by atoms with Gasteiger partial charge >= 0.3 is 5.97 Å². The maximum atomic E-state index is 13.3. The highest BCUT2D eigenvalue weighted by molar-refractivity contribution is 5.89. The minimum absolute atomic E-state index is 0.302. The lowest BCUT2D eigenvalue weighted by atomic mass is 10.1. The summed E-state index contributed by atoms with van der Waals surface area (Å²) in [7, 11) is 0. The van der Waals surface area contributed by atoms with Crippen LogP contribution in [0.2, 0.25) is 0 Å². The lowest BCUT2D eigenvalue weighted by molar-refractivity contribution is 0.0496. The van der Waals surface area contributed by atoms with E-state index in [1.807, 2.05) is 6.07 Å². The fourth-order valence-electron chi connectivity index (χ4n) is 1.86. The third-order valence-corrected chi connectivity index (χ3v) is 3.03. The molecule has 0 radical (unpaired) electrons. The van der Waals surface area contributed by atoms with E-state index in [0.717, 1.165) is 25.7 Å². The Kier molecular flexibility index (Phi) is 7.87. The van der Waals surface area contributed by atoms with E-state index in [2.05, 4.69) is 6.92 Å². The Balaban J connectivity index is 2.06. The van der Waals surface area contributed by atoms with E-state index in [1.165, 1.54) is 0 Å². The quantitative estimate of drug-likeness (QED) is 0.484. The second-order valence-electron chi connectivity index (χ2n) is 4.74. The molecule has 3 heteroatoms. The summed E-state index contributed by atoms with van der Waals surface area (Å²) in [6.45, 7) is 2.43. The molecule has 0 bridgehead atoms. The molecule has 1 aromatic carbocycles. The van der Waals surface area contributed by atoms with E-state index in [-0.39, 0.29) is 5.97 Å². The van der Waals surface area contributed by atoms with Gasteiger partial charge in [0, 0.05) is 0 Å². The molecule has 0 unspecified atom stereocenters. The van der Waals surface area contributed by atoms with Gasteiger partial charge in [0.25, 0.3) is 0 Å². The van der Waals surface area contributed by atoms with Crippen LogP contribution >= 0.6 is 0 Å². The summed E-state index contributed by atoms with van der Waals surface area (Å²) in [5, 5.41) is 0. The van der Waals surface area contributed by atoms with Crippen LogP contribution in [0.1, 0.15) is 55.8 Å². The number of ether oxygens (including phenoxy) is 1.